The Labute approximate surface area is 176 Å². The van der Waals surface area contributed by atoms with E-state index in [-0.39, 0.29) is 30.4 Å². The van der Waals surface area contributed by atoms with Crippen LogP contribution in [-0.4, -0.2) is 53.7 Å². The average molecular weight is 412 g/mol. The smallest absolute Gasteiger partial charge is 0.228 e. The third-order valence-electron chi connectivity index (χ3n) is 6.87. The van der Waals surface area contributed by atoms with Gasteiger partial charge in [-0.3, -0.25) is 9.59 Å². The van der Waals surface area contributed by atoms with Crippen molar-refractivity contribution in [2.24, 2.45) is 17.8 Å². The van der Waals surface area contributed by atoms with E-state index in [1.54, 1.807) is 6.92 Å². The van der Waals surface area contributed by atoms with Gasteiger partial charge in [0, 0.05) is 32.0 Å². The molecule has 160 valence electrons. The molecule has 30 heavy (non-hydrogen) atoms. The normalized spacial score (nSPS) is 28.5. The maximum atomic E-state index is 13.0. The Morgan fingerprint density at radius 1 is 1.20 bits per heavy atom. The molecule has 0 bridgehead atoms. The third kappa shape index (κ3) is 4.08. The molecule has 1 saturated heterocycles. The molecule has 0 radical (unpaired) electrons. The van der Waals surface area contributed by atoms with Gasteiger partial charge in [-0.15, -0.1) is 0 Å². The van der Waals surface area contributed by atoms with Crippen LogP contribution in [0.15, 0.2) is 28.8 Å². The van der Waals surface area contributed by atoms with E-state index in [9.17, 15) is 9.59 Å². The molecule has 2 amide bonds. The summed E-state index contributed by atoms with van der Waals surface area (Å²) in [7, 11) is 0. The fourth-order valence-electron chi connectivity index (χ4n) is 5.08. The van der Waals surface area contributed by atoms with Crippen molar-refractivity contribution in [1.29, 1.82) is 0 Å². The summed E-state index contributed by atoms with van der Waals surface area (Å²) in [6.45, 7) is 3.86. The number of likely N-dealkylation sites (tertiary alicyclic amines) is 1. The topological polar surface area (TPSA) is 84.7 Å². The van der Waals surface area contributed by atoms with Gasteiger partial charge in [0.1, 0.15) is 5.69 Å². The van der Waals surface area contributed by atoms with Gasteiger partial charge in [-0.2, -0.15) is 0 Å². The molecular formula is C23H29N3O4. The molecule has 0 unspecified atom stereocenters. The Kier molecular flexibility index (Phi) is 5.23. The summed E-state index contributed by atoms with van der Waals surface area (Å²) < 4.78 is 11.6. The molecule has 1 aliphatic heterocycles. The first kappa shape index (κ1) is 19.5. The number of fused-ring (bicyclic) bond motifs is 2. The van der Waals surface area contributed by atoms with Crippen molar-refractivity contribution < 1.29 is 18.8 Å². The first-order valence-electron chi connectivity index (χ1n) is 11.1. The molecule has 1 aromatic heterocycles. The van der Waals surface area contributed by atoms with Gasteiger partial charge in [-0.05, 0) is 55.6 Å². The van der Waals surface area contributed by atoms with Gasteiger partial charge in [0.2, 0.25) is 11.8 Å². The van der Waals surface area contributed by atoms with E-state index >= 15 is 0 Å². The lowest BCUT2D eigenvalue weighted by Gasteiger charge is -2.38. The van der Waals surface area contributed by atoms with E-state index < -0.39 is 0 Å². The molecule has 7 heteroatoms. The van der Waals surface area contributed by atoms with Crippen LogP contribution in [0.2, 0.25) is 0 Å². The van der Waals surface area contributed by atoms with Crippen molar-refractivity contribution in [3.8, 4) is 0 Å². The van der Waals surface area contributed by atoms with Gasteiger partial charge < -0.3 is 19.5 Å². The molecule has 5 rings (SSSR count). The van der Waals surface area contributed by atoms with Crippen molar-refractivity contribution in [2.45, 2.75) is 51.2 Å². The molecule has 2 aromatic rings. The van der Waals surface area contributed by atoms with Crippen LogP contribution in [0.5, 0.6) is 0 Å². The van der Waals surface area contributed by atoms with Crippen molar-refractivity contribution in [3.63, 3.8) is 0 Å². The molecule has 0 spiro atoms. The van der Waals surface area contributed by atoms with Crippen molar-refractivity contribution in [3.05, 3.63) is 30.0 Å². The maximum absolute atomic E-state index is 13.0. The highest BCUT2D eigenvalue weighted by Gasteiger charge is 2.44. The summed E-state index contributed by atoms with van der Waals surface area (Å²) in [5, 5.41) is 8.11. The second-order valence-corrected chi connectivity index (χ2v) is 9.21. The number of nitrogens with zero attached hydrogens (tertiary/aromatic N) is 2. The monoisotopic (exact) mass is 411 g/mol. The fraction of sp³-hybridized carbons (Fsp3) is 0.609. The second-order valence-electron chi connectivity index (χ2n) is 9.21. The molecule has 4 atom stereocenters. The van der Waals surface area contributed by atoms with E-state index in [2.05, 4.69) is 10.5 Å². The number of amides is 2. The predicted molar refractivity (Wildman–Crippen MR) is 111 cm³/mol. The lowest BCUT2D eigenvalue weighted by Crippen LogP contribution is -2.50. The number of carbonyl (C=O) groups excluding carboxylic acids is 2. The van der Waals surface area contributed by atoms with Crippen LogP contribution in [-0.2, 0) is 20.7 Å². The molecule has 3 fully saturated rings. The zero-order valence-electron chi connectivity index (χ0n) is 17.4. The lowest BCUT2D eigenvalue weighted by molar-refractivity contribution is -0.129. The van der Waals surface area contributed by atoms with Gasteiger partial charge in [-0.25, -0.2) is 0 Å². The Hall–Kier alpha value is -2.41. The number of carbonyl (C=O) groups is 2. The summed E-state index contributed by atoms with van der Waals surface area (Å²) in [4.78, 5) is 26.7. The first-order valence-corrected chi connectivity index (χ1v) is 11.1. The SMILES string of the molecule is CC(=O)N[C@@H]1C[C@@H]2CN(C(=O)Cc3noc4ccccc34)C[C@@H]2C[C@H]1OCC1CC1. The number of benzene rings is 1. The molecular weight excluding hydrogens is 382 g/mol. The number of nitrogens with one attached hydrogen (secondary N) is 1. The molecule has 2 aliphatic carbocycles. The molecule has 1 N–H and O–H groups in total. The van der Waals surface area contributed by atoms with Gasteiger partial charge in [-0.1, -0.05) is 17.3 Å². The third-order valence-corrected chi connectivity index (χ3v) is 6.87. The van der Waals surface area contributed by atoms with Crippen LogP contribution in [0, 0.1) is 17.8 Å². The Balaban J connectivity index is 1.24. The maximum Gasteiger partial charge on any atom is 0.228 e. The Bertz CT molecular complexity index is 937. The number of hydrogen-bond donors (Lipinski definition) is 1. The second kappa shape index (κ2) is 8.02. The van der Waals surface area contributed by atoms with Crippen LogP contribution in [0.1, 0.15) is 38.3 Å². The van der Waals surface area contributed by atoms with E-state index in [1.165, 1.54) is 12.8 Å². The number of ether oxygens (including phenoxy) is 1. The van der Waals surface area contributed by atoms with E-state index in [0.29, 0.717) is 29.0 Å². The fourth-order valence-corrected chi connectivity index (χ4v) is 5.08. The van der Waals surface area contributed by atoms with Crippen molar-refractivity contribution in [2.75, 3.05) is 19.7 Å². The Morgan fingerprint density at radius 2 is 1.97 bits per heavy atom. The highest BCUT2D eigenvalue weighted by molar-refractivity contribution is 5.86. The van der Waals surface area contributed by atoms with Crippen molar-refractivity contribution in [1.82, 2.24) is 15.4 Å². The summed E-state index contributed by atoms with van der Waals surface area (Å²) >= 11 is 0. The van der Waals surface area contributed by atoms with Crippen LogP contribution < -0.4 is 5.32 Å². The van der Waals surface area contributed by atoms with Crippen LogP contribution in [0.4, 0.5) is 0 Å². The molecule has 3 aliphatic rings. The van der Waals surface area contributed by atoms with E-state index in [0.717, 1.165) is 37.9 Å². The number of hydrogen-bond acceptors (Lipinski definition) is 5. The van der Waals surface area contributed by atoms with Crippen LogP contribution >= 0.6 is 0 Å². The summed E-state index contributed by atoms with van der Waals surface area (Å²) in [5.41, 5.74) is 1.41. The minimum atomic E-state index is -0.0117. The lowest BCUT2D eigenvalue weighted by atomic mass is 9.77. The first-order chi connectivity index (χ1) is 14.6. The van der Waals surface area contributed by atoms with Crippen molar-refractivity contribution >= 4 is 22.8 Å². The molecule has 1 aromatic carbocycles. The highest BCUT2D eigenvalue weighted by atomic mass is 16.5. The van der Waals surface area contributed by atoms with Crippen LogP contribution in [0.3, 0.4) is 0 Å². The molecule has 2 heterocycles. The minimum absolute atomic E-state index is 0.0117. The van der Waals surface area contributed by atoms with Gasteiger partial charge >= 0.3 is 0 Å². The molecule has 2 saturated carbocycles. The molecule has 7 nitrogen and oxygen atoms in total. The highest BCUT2D eigenvalue weighted by Crippen LogP contribution is 2.39. The van der Waals surface area contributed by atoms with Gasteiger partial charge in [0.15, 0.2) is 5.58 Å². The van der Waals surface area contributed by atoms with Gasteiger partial charge in [0.25, 0.3) is 0 Å². The zero-order valence-corrected chi connectivity index (χ0v) is 17.4. The summed E-state index contributed by atoms with van der Waals surface area (Å²) in [6.07, 6.45) is 4.58. The van der Waals surface area contributed by atoms with E-state index in [1.807, 2.05) is 29.2 Å². The van der Waals surface area contributed by atoms with Gasteiger partial charge in [0.05, 0.1) is 18.6 Å². The number of aromatic nitrogens is 1. The minimum Gasteiger partial charge on any atom is -0.376 e. The largest absolute Gasteiger partial charge is 0.376 e. The average Bonchev–Trinajstić information content (AvgIpc) is 3.33. The Morgan fingerprint density at radius 3 is 2.73 bits per heavy atom. The van der Waals surface area contributed by atoms with Crippen LogP contribution in [0.25, 0.3) is 11.0 Å². The summed E-state index contributed by atoms with van der Waals surface area (Å²) in [6, 6.07) is 7.68. The quantitative estimate of drug-likeness (QED) is 0.790. The number of rotatable bonds is 6. The van der Waals surface area contributed by atoms with E-state index in [4.69, 9.17) is 9.26 Å². The zero-order chi connectivity index (χ0) is 20.7. The summed E-state index contributed by atoms with van der Waals surface area (Å²) in [5.74, 6) is 1.61. The predicted octanol–water partition coefficient (Wildman–Crippen LogP) is 2.54. The number of para-hydroxylation sites is 1. The standard InChI is InChI=1S/C23H29N3O4/c1-14(27)24-20-8-16-11-26(12-17(16)9-22(20)29-13-15-6-7-15)23(28)10-19-18-4-2-3-5-21(18)30-25-19/h2-5,15-17,20,22H,6-13H2,1H3,(H,24,27)/t16-,17+,20-,22-/m1/s1.